The van der Waals surface area contributed by atoms with Gasteiger partial charge in [0.15, 0.2) is 5.82 Å². The number of aromatic amines is 1. The second-order valence-electron chi connectivity index (χ2n) is 4.63. The van der Waals surface area contributed by atoms with Gasteiger partial charge in [-0.15, -0.1) is 0 Å². The van der Waals surface area contributed by atoms with Gasteiger partial charge in [-0.25, -0.2) is 9.97 Å². The first-order valence-corrected chi connectivity index (χ1v) is 7.27. The summed E-state index contributed by atoms with van der Waals surface area (Å²) in [5.41, 5.74) is 1.98. The van der Waals surface area contributed by atoms with E-state index in [1.165, 1.54) is 6.07 Å². The van der Waals surface area contributed by atoms with Crippen molar-refractivity contribution in [2.45, 2.75) is 6.54 Å². The average Bonchev–Trinajstić information content (AvgIpc) is 2.46. The number of rotatable bonds is 3. The lowest BCUT2D eigenvalue weighted by atomic mass is 10.2. The smallest absolute Gasteiger partial charge is 0.251 e. The molecule has 1 aromatic carbocycles. The number of nitrogens with zero attached hydrogens (tertiary/aromatic N) is 2. The van der Waals surface area contributed by atoms with E-state index in [2.05, 4.69) is 36.2 Å². The van der Waals surface area contributed by atoms with E-state index in [9.17, 15) is 4.79 Å². The second kappa shape index (κ2) is 5.75. The summed E-state index contributed by atoms with van der Waals surface area (Å²) in [6.45, 7) is 0.530. The fourth-order valence-corrected chi connectivity index (χ4v) is 2.67. The van der Waals surface area contributed by atoms with Crippen LogP contribution in [0.5, 0.6) is 0 Å². The van der Waals surface area contributed by atoms with Crippen LogP contribution in [0, 0.1) is 0 Å². The van der Waals surface area contributed by atoms with Gasteiger partial charge < -0.3 is 10.3 Å². The summed E-state index contributed by atoms with van der Waals surface area (Å²) in [6, 6.07) is 11.3. The highest BCUT2D eigenvalue weighted by molar-refractivity contribution is 9.10. The van der Waals surface area contributed by atoms with E-state index >= 15 is 0 Å². The van der Waals surface area contributed by atoms with Crippen LogP contribution in [-0.2, 0) is 6.54 Å². The minimum atomic E-state index is -0.188. The molecular formula is C15H13BrN4O. The van der Waals surface area contributed by atoms with Crippen LogP contribution >= 0.6 is 15.9 Å². The van der Waals surface area contributed by atoms with Gasteiger partial charge >= 0.3 is 0 Å². The Morgan fingerprint density at radius 3 is 2.86 bits per heavy atom. The van der Waals surface area contributed by atoms with Crippen LogP contribution in [0.1, 0.15) is 5.69 Å². The van der Waals surface area contributed by atoms with Gasteiger partial charge in [0.1, 0.15) is 5.69 Å². The van der Waals surface area contributed by atoms with Gasteiger partial charge in [-0.2, -0.15) is 0 Å². The van der Waals surface area contributed by atoms with Crippen molar-refractivity contribution in [3.63, 3.8) is 0 Å². The Labute approximate surface area is 129 Å². The molecule has 21 heavy (non-hydrogen) atoms. The van der Waals surface area contributed by atoms with E-state index in [0.29, 0.717) is 23.8 Å². The summed E-state index contributed by atoms with van der Waals surface area (Å²) in [5, 5.41) is 4.02. The molecule has 0 radical (unpaired) electrons. The van der Waals surface area contributed by atoms with Crippen LogP contribution < -0.4 is 10.9 Å². The van der Waals surface area contributed by atoms with Crippen molar-refractivity contribution in [1.29, 1.82) is 0 Å². The summed E-state index contributed by atoms with van der Waals surface area (Å²) >= 11 is 3.50. The highest BCUT2D eigenvalue weighted by Crippen LogP contribution is 2.27. The fraction of sp³-hybridized carbons (Fsp3) is 0.133. The van der Waals surface area contributed by atoms with Gasteiger partial charge in [-0.1, -0.05) is 18.2 Å². The van der Waals surface area contributed by atoms with E-state index in [1.54, 1.807) is 0 Å². The molecule has 2 heterocycles. The molecule has 2 aromatic heterocycles. The predicted molar refractivity (Wildman–Crippen MR) is 86.1 cm³/mol. The monoisotopic (exact) mass is 344 g/mol. The number of hydrogen-bond acceptors (Lipinski definition) is 4. The van der Waals surface area contributed by atoms with Crippen LogP contribution in [0.3, 0.4) is 0 Å². The van der Waals surface area contributed by atoms with Crippen LogP contribution in [-0.4, -0.2) is 22.0 Å². The lowest BCUT2D eigenvalue weighted by Gasteiger charge is -2.07. The largest absolute Gasteiger partial charge is 0.314 e. The summed E-state index contributed by atoms with van der Waals surface area (Å²) in [6.07, 6.45) is 0. The quantitative estimate of drug-likeness (QED) is 0.765. The third-order valence-electron chi connectivity index (χ3n) is 3.05. The summed E-state index contributed by atoms with van der Waals surface area (Å²) in [4.78, 5) is 23.5. The van der Waals surface area contributed by atoms with Gasteiger partial charge in [0.2, 0.25) is 0 Å². The molecule has 0 aliphatic rings. The van der Waals surface area contributed by atoms with Gasteiger partial charge in [0, 0.05) is 22.5 Å². The Morgan fingerprint density at radius 1 is 1.24 bits per heavy atom. The molecule has 106 valence electrons. The van der Waals surface area contributed by atoms with Crippen molar-refractivity contribution < 1.29 is 0 Å². The van der Waals surface area contributed by atoms with E-state index in [-0.39, 0.29) is 5.56 Å². The Kier molecular flexibility index (Phi) is 3.81. The topological polar surface area (TPSA) is 70.7 Å². The molecule has 0 unspecified atom stereocenters. The van der Waals surface area contributed by atoms with Crippen LogP contribution in [0.25, 0.3) is 22.4 Å². The lowest BCUT2D eigenvalue weighted by Crippen LogP contribution is -2.15. The molecule has 0 amide bonds. The minimum Gasteiger partial charge on any atom is -0.314 e. The van der Waals surface area contributed by atoms with Crippen molar-refractivity contribution in [3.05, 3.63) is 56.9 Å². The number of hydrogen-bond donors (Lipinski definition) is 2. The Balaban J connectivity index is 2.19. The molecule has 3 rings (SSSR count). The van der Waals surface area contributed by atoms with Crippen molar-refractivity contribution in [2.24, 2.45) is 0 Å². The number of H-pyrrole nitrogens is 1. The first-order chi connectivity index (χ1) is 10.2. The first-order valence-electron chi connectivity index (χ1n) is 6.48. The molecule has 0 aliphatic heterocycles. The van der Waals surface area contributed by atoms with E-state index in [1.807, 2.05) is 37.4 Å². The fourth-order valence-electron chi connectivity index (χ4n) is 2.15. The molecule has 0 fully saturated rings. The summed E-state index contributed by atoms with van der Waals surface area (Å²) < 4.78 is 0.797. The van der Waals surface area contributed by atoms with Gasteiger partial charge in [-0.05, 0) is 35.1 Å². The third-order valence-corrected chi connectivity index (χ3v) is 3.66. The number of para-hydroxylation sites is 1. The van der Waals surface area contributed by atoms with Crippen molar-refractivity contribution in [3.8, 4) is 11.5 Å². The Bertz CT molecular complexity index is 860. The normalized spacial score (nSPS) is 11.0. The van der Waals surface area contributed by atoms with E-state index in [4.69, 9.17) is 0 Å². The summed E-state index contributed by atoms with van der Waals surface area (Å²) in [5.74, 6) is 0.463. The number of halogens is 1. The lowest BCUT2D eigenvalue weighted by molar-refractivity contribution is 0.784. The second-order valence-corrected chi connectivity index (χ2v) is 5.48. The van der Waals surface area contributed by atoms with Crippen LogP contribution in [0.2, 0.25) is 0 Å². The third kappa shape index (κ3) is 2.86. The maximum Gasteiger partial charge on any atom is 0.251 e. The number of pyridine rings is 1. The van der Waals surface area contributed by atoms with Gasteiger partial charge in [0.05, 0.1) is 11.2 Å². The predicted octanol–water partition coefficient (Wildman–Crippen LogP) is 2.47. The molecule has 0 saturated carbocycles. The average molecular weight is 345 g/mol. The Morgan fingerprint density at radius 2 is 2.05 bits per heavy atom. The highest BCUT2D eigenvalue weighted by atomic mass is 79.9. The van der Waals surface area contributed by atoms with E-state index in [0.717, 1.165) is 15.4 Å². The Hall–Kier alpha value is -2.05. The molecule has 2 N–H and O–H groups in total. The summed E-state index contributed by atoms with van der Waals surface area (Å²) in [7, 11) is 1.81. The molecule has 3 aromatic rings. The maximum absolute atomic E-state index is 11.8. The zero-order chi connectivity index (χ0) is 14.8. The SMILES string of the molecule is CNCc1cc(=O)[nH]c(-c2nc3ccccc3cc2Br)n1. The maximum atomic E-state index is 11.8. The molecule has 5 nitrogen and oxygen atoms in total. The van der Waals surface area contributed by atoms with Gasteiger partial charge in [-0.3, -0.25) is 4.79 Å². The first kappa shape index (κ1) is 13.9. The molecule has 0 atom stereocenters. The molecule has 0 aliphatic carbocycles. The number of nitrogens with one attached hydrogen (secondary N) is 2. The van der Waals surface area contributed by atoms with Crippen molar-refractivity contribution in [2.75, 3.05) is 7.05 Å². The molecule has 0 saturated heterocycles. The van der Waals surface area contributed by atoms with Crippen molar-refractivity contribution >= 4 is 26.8 Å². The standard InChI is InChI=1S/C15H13BrN4O/c1-17-8-10-7-13(21)20-15(18-10)14-11(16)6-9-4-2-3-5-12(9)19-14/h2-7,17H,8H2,1H3,(H,18,20,21). The van der Waals surface area contributed by atoms with Crippen LogP contribution in [0.4, 0.5) is 0 Å². The zero-order valence-electron chi connectivity index (χ0n) is 11.4. The van der Waals surface area contributed by atoms with Gasteiger partial charge in [0.25, 0.3) is 5.56 Å². The molecule has 0 bridgehead atoms. The minimum absolute atomic E-state index is 0.188. The highest BCUT2D eigenvalue weighted by Gasteiger charge is 2.11. The molecule has 6 heteroatoms. The molecular weight excluding hydrogens is 332 g/mol. The number of benzene rings is 1. The van der Waals surface area contributed by atoms with Crippen LogP contribution in [0.15, 0.2) is 45.7 Å². The number of aromatic nitrogens is 3. The number of fused-ring (bicyclic) bond motifs is 1. The van der Waals surface area contributed by atoms with Crippen molar-refractivity contribution in [1.82, 2.24) is 20.3 Å². The zero-order valence-corrected chi connectivity index (χ0v) is 12.9. The molecule has 0 spiro atoms. The van der Waals surface area contributed by atoms with E-state index < -0.39 is 0 Å².